The van der Waals surface area contributed by atoms with Gasteiger partial charge in [-0.1, -0.05) is 6.92 Å². The van der Waals surface area contributed by atoms with Gasteiger partial charge >= 0.3 is 0 Å². The molecule has 0 aromatic carbocycles. The van der Waals surface area contributed by atoms with Gasteiger partial charge in [0.1, 0.15) is 14.8 Å². The van der Waals surface area contributed by atoms with Gasteiger partial charge < -0.3 is 5.11 Å². The van der Waals surface area contributed by atoms with Gasteiger partial charge in [-0.05, 0) is 68.4 Å². The van der Waals surface area contributed by atoms with Crippen molar-refractivity contribution in [2.75, 3.05) is 0 Å². The third-order valence-corrected chi connectivity index (χ3v) is 8.78. The summed E-state index contributed by atoms with van der Waals surface area (Å²) in [6, 6.07) is 4.05. The molecule has 4 rings (SSSR count). The van der Waals surface area contributed by atoms with Gasteiger partial charge in [0.25, 0.3) is 5.91 Å². The van der Waals surface area contributed by atoms with Crippen LogP contribution in [0.3, 0.4) is 0 Å². The Balaban J connectivity index is 1.71. The molecule has 0 spiro atoms. The maximum absolute atomic E-state index is 13.0. The Labute approximate surface area is 197 Å². The number of carbonyl (C=O) groups excluding carboxylic acids is 1. The normalized spacial score (nSPS) is 15.2. The molecular formula is C23H27N5O3S2. The number of carbonyl (C=O) groups is 1. The first-order valence-electron chi connectivity index (χ1n) is 10.8. The lowest BCUT2D eigenvalue weighted by Gasteiger charge is -2.14. The maximum atomic E-state index is 13.0. The molecule has 33 heavy (non-hydrogen) atoms. The van der Waals surface area contributed by atoms with Crippen molar-refractivity contribution >= 4 is 27.2 Å². The van der Waals surface area contributed by atoms with Crippen molar-refractivity contribution in [3.8, 4) is 11.1 Å². The molecule has 3 N–H and O–H groups in total. The Morgan fingerprint density at radius 2 is 2.09 bits per heavy atom. The number of aliphatic hydroxyl groups is 1. The van der Waals surface area contributed by atoms with E-state index in [1.165, 1.54) is 11.8 Å². The highest BCUT2D eigenvalue weighted by Crippen LogP contribution is 2.32. The van der Waals surface area contributed by atoms with E-state index in [9.17, 15) is 14.1 Å². The predicted molar refractivity (Wildman–Crippen MR) is 128 cm³/mol. The van der Waals surface area contributed by atoms with Crippen LogP contribution >= 0.6 is 11.3 Å². The lowest BCUT2D eigenvalue weighted by Crippen LogP contribution is -2.16. The highest BCUT2D eigenvalue weighted by molar-refractivity contribution is 7.93. The van der Waals surface area contributed by atoms with E-state index in [0.717, 1.165) is 59.4 Å². The number of nitrogens with zero attached hydrogens (tertiary/aromatic N) is 4. The minimum atomic E-state index is -3.49. The number of rotatable bonds is 6. The zero-order valence-electron chi connectivity index (χ0n) is 18.9. The fraction of sp³-hybridized carbons (Fsp3) is 0.391. The Bertz CT molecular complexity index is 1330. The van der Waals surface area contributed by atoms with Crippen molar-refractivity contribution in [3.63, 3.8) is 0 Å². The molecule has 1 atom stereocenters. The molecule has 174 valence electrons. The highest BCUT2D eigenvalue weighted by atomic mass is 32.2. The third kappa shape index (κ3) is 5.03. The Hall–Kier alpha value is -2.53. The molecule has 1 amide bonds. The van der Waals surface area contributed by atoms with E-state index in [-0.39, 0.29) is 10.6 Å². The zero-order valence-corrected chi connectivity index (χ0v) is 20.5. The molecule has 0 fully saturated rings. The number of nitrogens with two attached hydrogens (primary N) is 1. The second-order valence-corrected chi connectivity index (χ2v) is 11.7. The number of amides is 1. The van der Waals surface area contributed by atoms with Crippen LogP contribution in [0, 0.1) is 0 Å². The number of fused-ring (bicyclic) bond motifs is 1. The van der Waals surface area contributed by atoms with Crippen molar-refractivity contribution in [1.82, 2.24) is 15.0 Å². The smallest absolute Gasteiger partial charge is 0.261 e. The Kier molecular flexibility index (Phi) is 6.45. The fourth-order valence-corrected chi connectivity index (χ4v) is 6.04. The molecular weight excluding hydrogens is 458 g/mol. The topological polar surface area (TPSA) is 131 Å². The number of aryl methyl sites for hydroxylation is 3. The van der Waals surface area contributed by atoms with E-state index < -0.39 is 21.4 Å². The minimum absolute atomic E-state index is 0.112. The van der Waals surface area contributed by atoms with E-state index in [1.54, 1.807) is 20.0 Å². The molecule has 3 heterocycles. The van der Waals surface area contributed by atoms with Crippen LogP contribution in [0.2, 0.25) is 0 Å². The van der Waals surface area contributed by atoms with Gasteiger partial charge in [0, 0.05) is 23.7 Å². The molecule has 0 saturated carbocycles. The van der Waals surface area contributed by atoms with Crippen LogP contribution < -0.4 is 5.14 Å². The molecule has 1 aliphatic carbocycles. The van der Waals surface area contributed by atoms with Crippen LogP contribution in [0.15, 0.2) is 39.3 Å². The van der Waals surface area contributed by atoms with Crippen molar-refractivity contribution < 1.29 is 14.1 Å². The standard InChI is InChI=1S/C23H27N5O3S2/c1-4-14-12-25-9-8-16(14)17-10-15-6-5-7-18(15)27-19(17)11-20(29)28-33(24,31)21-13-26-22(32-21)23(2,3)30/h8-10,12-13,30H,4-7,11H2,1-3H3,(H2,24,28,29,31). The van der Waals surface area contributed by atoms with Gasteiger partial charge in [0.15, 0.2) is 9.92 Å². The van der Waals surface area contributed by atoms with Crippen LogP contribution in [0.25, 0.3) is 11.1 Å². The summed E-state index contributed by atoms with van der Waals surface area (Å²) in [7, 11) is -3.49. The summed E-state index contributed by atoms with van der Waals surface area (Å²) in [6.45, 7) is 5.20. The van der Waals surface area contributed by atoms with Gasteiger partial charge in [-0.2, -0.15) is 0 Å². The fourth-order valence-electron chi connectivity index (χ4n) is 3.90. The first kappa shape index (κ1) is 23.6. The van der Waals surface area contributed by atoms with Crippen molar-refractivity contribution in [2.24, 2.45) is 9.50 Å². The zero-order chi connectivity index (χ0) is 23.8. The number of pyridine rings is 2. The van der Waals surface area contributed by atoms with Crippen molar-refractivity contribution in [2.45, 2.75) is 62.7 Å². The molecule has 0 radical (unpaired) electrons. The van der Waals surface area contributed by atoms with Crippen LogP contribution in [0.1, 0.15) is 54.7 Å². The molecule has 3 aromatic rings. The number of thiazole rings is 1. The SMILES string of the molecule is CCc1cnccc1-c1cc2c(nc1CC(=O)N=S(N)(=O)c1cnc(C(C)(C)O)s1)CCC2. The average molecular weight is 486 g/mol. The van der Waals surface area contributed by atoms with Crippen LogP contribution in [0.5, 0.6) is 0 Å². The molecule has 0 aliphatic heterocycles. The average Bonchev–Trinajstić information content (AvgIpc) is 3.42. The minimum Gasteiger partial charge on any atom is -0.383 e. The monoisotopic (exact) mass is 485 g/mol. The number of aromatic nitrogens is 3. The number of hydrogen-bond donors (Lipinski definition) is 2. The summed E-state index contributed by atoms with van der Waals surface area (Å²) >= 11 is 0.986. The van der Waals surface area contributed by atoms with E-state index >= 15 is 0 Å². The number of hydrogen-bond acceptors (Lipinski definition) is 7. The second-order valence-electron chi connectivity index (χ2n) is 8.60. The molecule has 1 unspecified atom stereocenters. The Morgan fingerprint density at radius 1 is 1.30 bits per heavy atom. The van der Waals surface area contributed by atoms with E-state index in [2.05, 4.69) is 27.3 Å². The predicted octanol–water partition coefficient (Wildman–Crippen LogP) is 3.35. The molecule has 0 bridgehead atoms. The third-order valence-electron chi connectivity index (χ3n) is 5.56. The highest BCUT2D eigenvalue weighted by Gasteiger charge is 2.24. The summed E-state index contributed by atoms with van der Waals surface area (Å²) in [6.07, 6.45) is 8.42. The van der Waals surface area contributed by atoms with Crippen LogP contribution in [0.4, 0.5) is 0 Å². The quantitative estimate of drug-likeness (QED) is 0.550. The second kappa shape index (κ2) is 9.02. The molecule has 10 heteroatoms. The van der Waals surface area contributed by atoms with E-state index in [4.69, 9.17) is 10.1 Å². The first-order valence-corrected chi connectivity index (χ1v) is 13.2. The summed E-state index contributed by atoms with van der Waals surface area (Å²) in [5.41, 5.74) is 4.53. The molecule has 3 aromatic heterocycles. The Morgan fingerprint density at radius 3 is 2.79 bits per heavy atom. The van der Waals surface area contributed by atoms with Gasteiger partial charge in [-0.3, -0.25) is 14.8 Å². The lowest BCUT2D eigenvalue weighted by atomic mass is 9.95. The summed E-state index contributed by atoms with van der Waals surface area (Å²) in [5, 5.41) is 16.4. The van der Waals surface area contributed by atoms with Gasteiger partial charge in [-0.15, -0.1) is 15.7 Å². The summed E-state index contributed by atoms with van der Waals surface area (Å²) < 4.78 is 17.0. The largest absolute Gasteiger partial charge is 0.383 e. The molecule has 0 saturated heterocycles. The van der Waals surface area contributed by atoms with Crippen molar-refractivity contribution in [1.29, 1.82) is 0 Å². The van der Waals surface area contributed by atoms with Gasteiger partial charge in [-0.25, -0.2) is 14.3 Å². The first-order chi connectivity index (χ1) is 15.6. The van der Waals surface area contributed by atoms with E-state index in [0.29, 0.717) is 10.7 Å². The summed E-state index contributed by atoms with van der Waals surface area (Å²) in [4.78, 5) is 26.0. The molecule has 8 nitrogen and oxygen atoms in total. The van der Waals surface area contributed by atoms with Gasteiger partial charge in [0.05, 0.1) is 18.3 Å². The van der Waals surface area contributed by atoms with Crippen LogP contribution in [-0.2, 0) is 46.0 Å². The molecule has 1 aliphatic rings. The lowest BCUT2D eigenvalue weighted by molar-refractivity contribution is -0.117. The van der Waals surface area contributed by atoms with Crippen LogP contribution in [-0.4, -0.2) is 30.2 Å². The maximum Gasteiger partial charge on any atom is 0.261 e. The summed E-state index contributed by atoms with van der Waals surface area (Å²) in [5.74, 6) is -0.612. The van der Waals surface area contributed by atoms with E-state index in [1.807, 2.05) is 12.3 Å². The van der Waals surface area contributed by atoms with Gasteiger partial charge in [0.2, 0.25) is 0 Å². The van der Waals surface area contributed by atoms with Crippen molar-refractivity contribution in [3.05, 3.63) is 58.2 Å².